The highest BCUT2D eigenvalue weighted by Gasteiger charge is 2.49. The van der Waals surface area contributed by atoms with Crippen molar-refractivity contribution in [3.8, 4) is 17.2 Å². The van der Waals surface area contributed by atoms with E-state index >= 15 is 0 Å². The molecule has 1 atom stereocenters. The van der Waals surface area contributed by atoms with Gasteiger partial charge in [0, 0.05) is 5.56 Å². The van der Waals surface area contributed by atoms with Crippen molar-refractivity contribution in [2.45, 2.75) is 12.5 Å². The Balaban J connectivity index is 1.39. The predicted octanol–water partition coefficient (Wildman–Crippen LogP) is 1.04. The van der Waals surface area contributed by atoms with Gasteiger partial charge in [0.15, 0.2) is 17.3 Å². The van der Waals surface area contributed by atoms with Crippen molar-refractivity contribution in [2.24, 2.45) is 0 Å². The van der Waals surface area contributed by atoms with Gasteiger partial charge in [0.1, 0.15) is 11.9 Å². The Morgan fingerprint density at radius 1 is 1.16 bits per heavy atom. The number of rotatable bonds is 5. The summed E-state index contributed by atoms with van der Waals surface area (Å²) >= 11 is 0. The Kier molecular flexibility index (Phi) is 4.17. The molecular formula is C20H16N6O5. The molecule has 3 heterocycles. The fraction of sp³-hybridized carbons (Fsp3) is 0.200. The molecule has 0 spiro atoms. The Morgan fingerprint density at radius 2 is 2.00 bits per heavy atom. The summed E-state index contributed by atoms with van der Waals surface area (Å²) in [5.74, 6) is 0.0721. The fourth-order valence-corrected chi connectivity index (χ4v) is 3.58. The van der Waals surface area contributed by atoms with Gasteiger partial charge in [-0.2, -0.15) is 0 Å². The third-order valence-electron chi connectivity index (χ3n) is 5.31. The maximum Gasteiger partial charge on any atom is 0.325 e. The van der Waals surface area contributed by atoms with Crippen molar-refractivity contribution < 1.29 is 23.9 Å². The zero-order valence-electron chi connectivity index (χ0n) is 16.3. The Hall–Kier alpha value is -4.28. The standard InChI is InChI=1S/C20H16N6O5/c1-20(13-3-2-4-14(8-13)26-10-21-23-24-26)18(28)25(19(29)22-20)9-15(27)12-5-6-16-17(7-12)31-11-30-16/h2-8,10H,9,11H2,1H3,(H,22,29). The Labute approximate surface area is 175 Å². The summed E-state index contributed by atoms with van der Waals surface area (Å²) in [5, 5.41) is 13.7. The smallest absolute Gasteiger partial charge is 0.325 e. The second kappa shape index (κ2) is 6.90. The topological polar surface area (TPSA) is 129 Å². The summed E-state index contributed by atoms with van der Waals surface area (Å²) in [6.45, 7) is 1.28. The van der Waals surface area contributed by atoms with E-state index in [2.05, 4.69) is 20.8 Å². The SMILES string of the molecule is CC1(c2cccc(-n3cnnn3)c2)NC(=O)N(CC(=O)c2ccc3c(c2)OCO3)C1=O. The van der Waals surface area contributed by atoms with Gasteiger partial charge in [-0.1, -0.05) is 12.1 Å². The van der Waals surface area contributed by atoms with Gasteiger partial charge in [0.25, 0.3) is 5.91 Å². The molecule has 11 nitrogen and oxygen atoms in total. The maximum atomic E-state index is 13.2. The Bertz CT molecular complexity index is 1210. The molecule has 2 aromatic carbocycles. The number of benzene rings is 2. The first-order valence-electron chi connectivity index (χ1n) is 9.36. The van der Waals surface area contributed by atoms with Crippen LogP contribution in [0.4, 0.5) is 4.79 Å². The van der Waals surface area contributed by atoms with E-state index in [1.165, 1.54) is 17.1 Å². The number of carbonyl (C=O) groups excluding carboxylic acids is 3. The van der Waals surface area contributed by atoms with Gasteiger partial charge in [-0.05, 0) is 53.2 Å². The van der Waals surface area contributed by atoms with Gasteiger partial charge >= 0.3 is 6.03 Å². The zero-order chi connectivity index (χ0) is 21.6. The minimum Gasteiger partial charge on any atom is -0.454 e. The minimum atomic E-state index is -1.34. The first kappa shape index (κ1) is 18.7. The quantitative estimate of drug-likeness (QED) is 0.479. The van der Waals surface area contributed by atoms with Gasteiger partial charge in [-0.3, -0.25) is 14.5 Å². The van der Waals surface area contributed by atoms with E-state index in [4.69, 9.17) is 9.47 Å². The van der Waals surface area contributed by atoms with Crippen molar-refractivity contribution in [1.82, 2.24) is 30.4 Å². The molecule has 1 fully saturated rings. The lowest BCUT2D eigenvalue weighted by atomic mass is 9.91. The molecule has 3 aromatic rings. The molecule has 3 amide bonds. The third kappa shape index (κ3) is 3.06. The lowest BCUT2D eigenvalue weighted by Gasteiger charge is -2.22. The van der Waals surface area contributed by atoms with Crippen molar-refractivity contribution in [2.75, 3.05) is 13.3 Å². The van der Waals surface area contributed by atoms with E-state index in [-0.39, 0.29) is 6.79 Å². The molecule has 11 heteroatoms. The predicted molar refractivity (Wildman–Crippen MR) is 104 cm³/mol. The molecule has 2 aliphatic heterocycles. The van der Waals surface area contributed by atoms with E-state index in [0.29, 0.717) is 28.3 Å². The molecule has 5 rings (SSSR count). The molecule has 0 radical (unpaired) electrons. The van der Waals surface area contributed by atoms with E-state index in [1.807, 2.05) is 0 Å². The second-order valence-electron chi connectivity index (χ2n) is 7.24. The highest BCUT2D eigenvalue weighted by molar-refractivity contribution is 6.11. The van der Waals surface area contributed by atoms with E-state index < -0.39 is 29.8 Å². The molecule has 1 saturated heterocycles. The number of imide groups is 1. The van der Waals surface area contributed by atoms with Crippen LogP contribution in [0, 0.1) is 0 Å². The zero-order valence-corrected chi connectivity index (χ0v) is 16.3. The number of fused-ring (bicyclic) bond motifs is 1. The molecule has 1 unspecified atom stereocenters. The van der Waals surface area contributed by atoms with Crippen LogP contribution < -0.4 is 14.8 Å². The van der Waals surface area contributed by atoms with E-state index in [1.54, 1.807) is 43.3 Å². The van der Waals surface area contributed by atoms with Gasteiger partial charge < -0.3 is 14.8 Å². The number of aromatic nitrogens is 4. The third-order valence-corrected chi connectivity index (χ3v) is 5.31. The van der Waals surface area contributed by atoms with E-state index in [0.717, 1.165) is 4.90 Å². The summed E-state index contributed by atoms with van der Waals surface area (Å²) in [7, 11) is 0. The number of amides is 3. The molecule has 0 aliphatic carbocycles. The summed E-state index contributed by atoms with van der Waals surface area (Å²) in [6, 6.07) is 11.0. The average Bonchev–Trinajstić information content (AvgIpc) is 3.51. The summed E-state index contributed by atoms with van der Waals surface area (Å²) < 4.78 is 12.0. The van der Waals surface area contributed by atoms with Crippen LogP contribution in [0.3, 0.4) is 0 Å². The number of ketones is 1. The normalized spacial score (nSPS) is 19.6. The maximum absolute atomic E-state index is 13.2. The van der Waals surface area contributed by atoms with Crippen LogP contribution in [0.5, 0.6) is 11.5 Å². The Morgan fingerprint density at radius 3 is 2.81 bits per heavy atom. The van der Waals surface area contributed by atoms with Gasteiger partial charge in [0.2, 0.25) is 6.79 Å². The molecule has 31 heavy (non-hydrogen) atoms. The van der Waals surface area contributed by atoms with Crippen LogP contribution in [0.15, 0.2) is 48.8 Å². The van der Waals surface area contributed by atoms with Crippen molar-refractivity contribution in [3.63, 3.8) is 0 Å². The molecule has 2 aliphatic rings. The number of tetrazole rings is 1. The first-order valence-corrected chi connectivity index (χ1v) is 9.36. The number of nitrogens with zero attached hydrogens (tertiary/aromatic N) is 5. The van der Waals surface area contributed by atoms with Crippen LogP contribution in [0.25, 0.3) is 5.69 Å². The molecule has 1 N–H and O–H groups in total. The van der Waals surface area contributed by atoms with Crippen molar-refractivity contribution in [1.29, 1.82) is 0 Å². The number of hydrogen-bond acceptors (Lipinski definition) is 8. The molecule has 1 aromatic heterocycles. The van der Waals surface area contributed by atoms with Crippen molar-refractivity contribution in [3.05, 3.63) is 59.9 Å². The van der Waals surface area contributed by atoms with Crippen molar-refractivity contribution >= 4 is 17.7 Å². The lowest BCUT2D eigenvalue weighted by molar-refractivity contribution is -0.130. The minimum absolute atomic E-state index is 0.0854. The number of ether oxygens (including phenoxy) is 2. The van der Waals surface area contributed by atoms with Gasteiger partial charge in [-0.15, -0.1) is 5.10 Å². The van der Waals surface area contributed by atoms with Crippen LogP contribution in [0.1, 0.15) is 22.8 Å². The highest BCUT2D eigenvalue weighted by Crippen LogP contribution is 2.33. The number of Topliss-reactive ketones (excluding diaryl/α,β-unsaturated/α-hetero) is 1. The fourth-order valence-electron chi connectivity index (χ4n) is 3.58. The number of carbonyl (C=O) groups is 3. The lowest BCUT2D eigenvalue weighted by Crippen LogP contribution is -2.41. The molecule has 0 saturated carbocycles. The van der Waals surface area contributed by atoms with Crippen LogP contribution in [-0.2, 0) is 10.3 Å². The van der Waals surface area contributed by atoms with Crippen LogP contribution in [-0.4, -0.2) is 56.2 Å². The average molecular weight is 420 g/mol. The van der Waals surface area contributed by atoms with Gasteiger partial charge in [-0.25, -0.2) is 9.48 Å². The summed E-state index contributed by atoms with van der Waals surface area (Å²) in [5.41, 5.74) is 0.146. The first-order chi connectivity index (χ1) is 15.0. The monoisotopic (exact) mass is 420 g/mol. The summed E-state index contributed by atoms with van der Waals surface area (Å²) in [4.78, 5) is 39.5. The number of urea groups is 1. The molecular weight excluding hydrogens is 404 g/mol. The molecule has 156 valence electrons. The van der Waals surface area contributed by atoms with Gasteiger partial charge in [0.05, 0.1) is 12.2 Å². The van der Waals surface area contributed by atoms with Crippen LogP contribution >= 0.6 is 0 Å². The largest absolute Gasteiger partial charge is 0.454 e. The van der Waals surface area contributed by atoms with Crippen LogP contribution in [0.2, 0.25) is 0 Å². The second-order valence-corrected chi connectivity index (χ2v) is 7.24. The number of hydrogen-bond donors (Lipinski definition) is 1. The highest BCUT2D eigenvalue weighted by atomic mass is 16.7. The van der Waals surface area contributed by atoms with E-state index in [9.17, 15) is 14.4 Å². The summed E-state index contributed by atoms with van der Waals surface area (Å²) in [6.07, 6.45) is 1.42. The molecule has 0 bridgehead atoms. The number of nitrogens with one attached hydrogen (secondary N) is 1.